The zero-order valence-corrected chi connectivity index (χ0v) is 16.6. The number of amides is 3. The maximum atomic E-state index is 12.7. The van der Waals surface area contributed by atoms with Crippen molar-refractivity contribution >= 4 is 34.9 Å². The molecule has 10 heteroatoms. The third-order valence-electron chi connectivity index (χ3n) is 4.85. The van der Waals surface area contributed by atoms with Crippen molar-refractivity contribution in [2.45, 2.75) is 19.1 Å². The molecule has 1 aliphatic heterocycles. The van der Waals surface area contributed by atoms with Crippen LogP contribution in [0.5, 0.6) is 0 Å². The summed E-state index contributed by atoms with van der Waals surface area (Å²) in [4.78, 5) is 38.1. The number of carbonyl (C=O) groups excluding carboxylic acids is 3. The minimum Gasteiger partial charge on any atom is -0.395 e. The van der Waals surface area contributed by atoms with Crippen LogP contribution in [0.25, 0.3) is 0 Å². The highest BCUT2D eigenvalue weighted by Gasteiger charge is 2.26. The first-order chi connectivity index (χ1) is 14.8. The van der Waals surface area contributed by atoms with Crippen molar-refractivity contribution < 1.29 is 24.6 Å². The average Bonchev–Trinajstić information content (AvgIpc) is 3.12. The summed E-state index contributed by atoms with van der Waals surface area (Å²) in [5.41, 5.74) is 7.88. The number of aliphatic hydroxyl groups is 2. The Morgan fingerprint density at radius 1 is 1.23 bits per heavy atom. The highest BCUT2D eigenvalue weighted by Crippen LogP contribution is 2.24. The van der Waals surface area contributed by atoms with Gasteiger partial charge in [0.1, 0.15) is 11.9 Å². The summed E-state index contributed by atoms with van der Waals surface area (Å²) in [5, 5.41) is 32.1. The Bertz CT molecular complexity index is 1020. The van der Waals surface area contributed by atoms with Crippen molar-refractivity contribution in [3.63, 3.8) is 0 Å². The second kappa shape index (κ2) is 9.37. The molecular formula is C21H23N5O5. The molecule has 0 aliphatic carbocycles. The summed E-state index contributed by atoms with van der Waals surface area (Å²) in [5.74, 6) is -1.72. The highest BCUT2D eigenvalue weighted by molar-refractivity contribution is 6.03. The lowest BCUT2D eigenvalue weighted by Gasteiger charge is -2.23. The van der Waals surface area contributed by atoms with Crippen molar-refractivity contribution in [2.24, 2.45) is 5.73 Å². The molecule has 0 aromatic heterocycles. The zero-order chi connectivity index (χ0) is 22.5. The van der Waals surface area contributed by atoms with Crippen molar-refractivity contribution in [2.75, 3.05) is 23.4 Å². The van der Waals surface area contributed by atoms with Gasteiger partial charge in [-0.1, -0.05) is 6.07 Å². The highest BCUT2D eigenvalue weighted by atomic mass is 16.3. The van der Waals surface area contributed by atoms with Gasteiger partial charge in [-0.15, -0.1) is 0 Å². The molecular weight excluding hydrogens is 402 g/mol. The molecule has 0 unspecified atom stereocenters. The molecule has 3 amide bonds. The summed E-state index contributed by atoms with van der Waals surface area (Å²) in [6.45, 7) is 0.0224. The van der Waals surface area contributed by atoms with Crippen molar-refractivity contribution in [3.8, 4) is 0 Å². The van der Waals surface area contributed by atoms with Gasteiger partial charge >= 0.3 is 0 Å². The lowest BCUT2D eigenvalue weighted by Crippen LogP contribution is -2.39. The van der Waals surface area contributed by atoms with E-state index in [1.54, 1.807) is 30.3 Å². The number of hydrogen-bond acceptors (Lipinski definition) is 6. The van der Waals surface area contributed by atoms with Gasteiger partial charge in [0.2, 0.25) is 5.91 Å². The van der Waals surface area contributed by atoms with Crippen LogP contribution in [0.2, 0.25) is 0 Å². The van der Waals surface area contributed by atoms with Crippen LogP contribution in [0.1, 0.15) is 27.9 Å². The predicted molar refractivity (Wildman–Crippen MR) is 114 cm³/mol. The number of rotatable bonds is 8. The van der Waals surface area contributed by atoms with E-state index in [4.69, 9.17) is 11.1 Å². The first-order valence-corrected chi connectivity index (χ1v) is 9.56. The van der Waals surface area contributed by atoms with Crippen LogP contribution in [0.15, 0.2) is 42.5 Å². The lowest BCUT2D eigenvalue weighted by atomic mass is 10.1. The maximum Gasteiger partial charge on any atom is 0.253 e. The monoisotopic (exact) mass is 425 g/mol. The van der Waals surface area contributed by atoms with E-state index in [-0.39, 0.29) is 24.9 Å². The molecule has 31 heavy (non-hydrogen) atoms. The maximum absolute atomic E-state index is 12.7. The predicted octanol–water partition coefficient (Wildman–Crippen LogP) is -0.0709. The van der Waals surface area contributed by atoms with Crippen LogP contribution in [0, 0.1) is 5.41 Å². The normalized spacial score (nSPS) is 13.2. The summed E-state index contributed by atoms with van der Waals surface area (Å²) >= 11 is 0. The van der Waals surface area contributed by atoms with E-state index in [2.05, 4.69) is 10.6 Å². The van der Waals surface area contributed by atoms with Crippen molar-refractivity contribution in [3.05, 3.63) is 59.2 Å². The molecule has 1 aliphatic rings. The summed E-state index contributed by atoms with van der Waals surface area (Å²) in [6.07, 6.45) is -2.14. The van der Waals surface area contributed by atoms with E-state index in [1.165, 1.54) is 17.0 Å². The standard InChI is InChI=1S/C21H23N5O5/c22-19(23)12-1-4-14(5-2-12)25-21(31)17(28)10-18(29)26(7-8-27)15-6-3-13-11-24-20(30)16(13)9-15/h1-6,9,17,27-28H,7-8,10-11H2,(H3,22,23)(H,24,30)(H,25,31)/t17-/m1/s1. The first kappa shape index (κ1) is 21.9. The third kappa shape index (κ3) is 5.05. The van der Waals surface area contributed by atoms with Gasteiger partial charge in [-0.3, -0.25) is 19.8 Å². The number of amidine groups is 1. The molecule has 1 atom stereocenters. The number of nitrogen functional groups attached to an aromatic ring is 1. The quantitative estimate of drug-likeness (QED) is 0.255. The molecule has 2 aromatic carbocycles. The number of hydrogen-bond donors (Lipinski definition) is 6. The molecule has 162 valence electrons. The molecule has 0 radical (unpaired) electrons. The minimum absolute atomic E-state index is 0.0555. The lowest BCUT2D eigenvalue weighted by molar-refractivity contribution is -0.129. The minimum atomic E-state index is -1.63. The molecule has 1 heterocycles. The van der Waals surface area contributed by atoms with Gasteiger partial charge < -0.3 is 31.5 Å². The van der Waals surface area contributed by atoms with E-state index in [0.717, 1.165) is 5.56 Å². The fraction of sp³-hybridized carbons (Fsp3) is 0.238. The summed E-state index contributed by atoms with van der Waals surface area (Å²) in [6, 6.07) is 11.1. The van der Waals surface area contributed by atoms with Gasteiger partial charge in [-0.05, 0) is 42.0 Å². The number of nitrogens with two attached hydrogens (primary N) is 1. The first-order valence-electron chi connectivity index (χ1n) is 9.56. The summed E-state index contributed by atoms with van der Waals surface area (Å²) in [7, 11) is 0. The Morgan fingerprint density at radius 3 is 2.58 bits per heavy atom. The number of aliphatic hydroxyl groups excluding tert-OH is 2. The topological polar surface area (TPSA) is 169 Å². The van der Waals surface area contributed by atoms with Gasteiger partial charge in [-0.2, -0.15) is 0 Å². The number of nitrogens with one attached hydrogen (secondary N) is 3. The zero-order valence-electron chi connectivity index (χ0n) is 16.6. The second-order valence-corrected chi connectivity index (χ2v) is 6.99. The van der Waals surface area contributed by atoms with Crippen LogP contribution in [-0.2, 0) is 16.1 Å². The Hall–Kier alpha value is -3.76. The van der Waals surface area contributed by atoms with E-state index in [1.807, 2.05) is 0 Å². The molecule has 2 aromatic rings. The Labute approximate surface area is 178 Å². The van der Waals surface area contributed by atoms with Crippen LogP contribution in [0.4, 0.5) is 11.4 Å². The molecule has 0 fully saturated rings. The Kier molecular flexibility index (Phi) is 6.63. The average molecular weight is 425 g/mol. The molecule has 10 nitrogen and oxygen atoms in total. The molecule has 0 saturated heterocycles. The van der Waals surface area contributed by atoms with Gasteiger partial charge in [0.15, 0.2) is 0 Å². The van der Waals surface area contributed by atoms with Gasteiger partial charge in [0.05, 0.1) is 13.0 Å². The number of fused-ring (bicyclic) bond motifs is 1. The van der Waals surface area contributed by atoms with Crippen LogP contribution in [0.3, 0.4) is 0 Å². The number of benzene rings is 2. The van der Waals surface area contributed by atoms with Crippen LogP contribution >= 0.6 is 0 Å². The Morgan fingerprint density at radius 2 is 1.94 bits per heavy atom. The van der Waals surface area contributed by atoms with Gasteiger partial charge in [-0.25, -0.2) is 0 Å². The number of carbonyl (C=O) groups is 3. The molecule has 0 spiro atoms. The van der Waals surface area contributed by atoms with Gasteiger partial charge in [0, 0.05) is 35.6 Å². The van der Waals surface area contributed by atoms with E-state index in [0.29, 0.717) is 29.0 Å². The smallest absolute Gasteiger partial charge is 0.253 e. The molecule has 3 rings (SSSR count). The SMILES string of the molecule is N=C(N)c1ccc(NC(=O)[C@H](O)CC(=O)N(CCO)c2ccc3c(c2)C(=O)NC3)cc1. The molecule has 0 bridgehead atoms. The van der Waals surface area contributed by atoms with E-state index >= 15 is 0 Å². The van der Waals surface area contributed by atoms with E-state index in [9.17, 15) is 24.6 Å². The van der Waals surface area contributed by atoms with Crippen LogP contribution < -0.4 is 21.3 Å². The molecule has 7 N–H and O–H groups in total. The second-order valence-electron chi connectivity index (χ2n) is 6.99. The van der Waals surface area contributed by atoms with Crippen molar-refractivity contribution in [1.29, 1.82) is 5.41 Å². The fourth-order valence-corrected chi connectivity index (χ4v) is 3.19. The fourth-order valence-electron chi connectivity index (χ4n) is 3.19. The Balaban J connectivity index is 1.67. The number of nitrogens with zero attached hydrogens (tertiary/aromatic N) is 1. The van der Waals surface area contributed by atoms with E-state index < -0.39 is 24.3 Å². The van der Waals surface area contributed by atoms with Crippen LogP contribution in [-0.4, -0.2) is 53.0 Å². The molecule has 0 saturated carbocycles. The van der Waals surface area contributed by atoms with Crippen molar-refractivity contribution in [1.82, 2.24) is 5.32 Å². The summed E-state index contributed by atoms with van der Waals surface area (Å²) < 4.78 is 0. The third-order valence-corrected chi connectivity index (χ3v) is 4.85. The largest absolute Gasteiger partial charge is 0.395 e. The number of anilines is 2. The van der Waals surface area contributed by atoms with Gasteiger partial charge in [0.25, 0.3) is 11.8 Å².